The Morgan fingerprint density at radius 2 is 1.76 bits per heavy atom. The van der Waals surface area contributed by atoms with Crippen molar-refractivity contribution in [2.45, 2.75) is 13.1 Å². The van der Waals surface area contributed by atoms with Crippen molar-refractivity contribution in [3.8, 4) is 5.75 Å². The molecular formula is C16H18N2O3. The highest BCUT2D eigenvalue weighted by molar-refractivity contribution is 5.33. The summed E-state index contributed by atoms with van der Waals surface area (Å²) in [5.74, 6) is 0.844. The molecule has 0 unspecified atom stereocenters. The second-order valence-corrected chi connectivity index (χ2v) is 4.95. The molecule has 0 atom stereocenters. The molecule has 2 aromatic carbocycles. The normalized spacial score (nSPS) is 10.6. The van der Waals surface area contributed by atoms with E-state index < -0.39 is 0 Å². The molecule has 0 saturated heterocycles. The van der Waals surface area contributed by atoms with Crippen LogP contribution in [0.15, 0.2) is 48.5 Å². The molecule has 0 aliphatic heterocycles. The Hall–Kier alpha value is -2.40. The Bertz CT molecular complexity index is 611. The molecule has 0 radical (unpaired) electrons. The van der Waals surface area contributed by atoms with Crippen LogP contribution in [0.5, 0.6) is 5.75 Å². The molecule has 110 valence electrons. The van der Waals surface area contributed by atoms with Gasteiger partial charge in [0, 0.05) is 25.2 Å². The van der Waals surface area contributed by atoms with E-state index in [9.17, 15) is 10.1 Å². The molecule has 0 N–H and O–H groups in total. The van der Waals surface area contributed by atoms with Gasteiger partial charge in [0.2, 0.25) is 0 Å². The van der Waals surface area contributed by atoms with Crippen LogP contribution in [-0.4, -0.2) is 24.0 Å². The maximum atomic E-state index is 10.6. The topological polar surface area (TPSA) is 55.6 Å². The van der Waals surface area contributed by atoms with E-state index in [1.54, 1.807) is 19.2 Å². The lowest BCUT2D eigenvalue weighted by molar-refractivity contribution is -0.384. The molecule has 0 spiro atoms. The highest BCUT2D eigenvalue weighted by atomic mass is 16.6. The Kier molecular flexibility index (Phi) is 4.90. The number of methoxy groups -OCH3 is 1. The third-order valence-electron chi connectivity index (χ3n) is 3.19. The molecule has 0 fully saturated rings. The van der Waals surface area contributed by atoms with Crippen molar-refractivity contribution in [2.75, 3.05) is 14.2 Å². The van der Waals surface area contributed by atoms with E-state index in [-0.39, 0.29) is 10.6 Å². The second-order valence-electron chi connectivity index (χ2n) is 4.95. The van der Waals surface area contributed by atoms with Crippen molar-refractivity contribution in [1.82, 2.24) is 4.90 Å². The molecule has 0 bridgehead atoms. The number of hydrogen-bond acceptors (Lipinski definition) is 4. The molecule has 0 amide bonds. The van der Waals surface area contributed by atoms with Gasteiger partial charge in [-0.25, -0.2) is 0 Å². The zero-order valence-electron chi connectivity index (χ0n) is 12.2. The van der Waals surface area contributed by atoms with Crippen molar-refractivity contribution >= 4 is 5.69 Å². The number of ether oxygens (including phenoxy) is 1. The molecule has 2 rings (SSSR count). The average Bonchev–Trinajstić information content (AvgIpc) is 2.47. The minimum Gasteiger partial charge on any atom is -0.497 e. The Balaban J connectivity index is 1.97. The van der Waals surface area contributed by atoms with E-state index in [4.69, 9.17) is 4.74 Å². The third kappa shape index (κ3) is 4.29. The first-order valence-electron chi connectivity index (χ1n) is 6.63. The summed E-state index contributed by atoms with van der Waals surface area (Å²) in [6.07, 6.45) is 0. The molecule has 0 heterocycles. The van der Waals surface area contributed by atoms with Gasteiger partial charge in [-0.15, -0.1) is 0 Å². The fourth-order valence-electron chi connectivity index (χ4n) is 2.17. The number of nitrogens with zero attached hydrogens (tertiary/aromatic N) is 2. The number of hydrogen-bond donors (Lipinski definition) is 0. The Morgan fingerprint density at radius 3 is 2.38 bits per heavy atom. The van der Waals surface area contributed by atoms with Crippen LogP contribution < -0.4 is 4.74 Å². The lowest BCUT2D eigenvalue weighted by Gasteiger charge is -2.17. The van der Waals surface area contributed by atoms with Crippen LogP contribution in [0, 0.1) is 10.1 Å². The lowest BCUT2D eigenvalue weighted by atomic mass is 10.1. The van der Waals surface area contributed by atoms with Gasteiger partial charge < -0.3 is 4.74 Å². The lowest BCUT2D eigenvalue weighted by Crippen LogP contribution is -2.17. The van der Waals surface area contributed by atoms with Gasteiger partial charge in [-0.1, -0.05) is 24.3 Å². The zero-order valence-corrected chi connectivity index (χ0v) is 12.2. The van der Waals surface area contributed by atoms with Gasteiger partial charge in [-0.2, -0.15) is 0 Å². The van der Waals surface area contributed by atoms with E-state index in [0.717, 1.165) is 24.4 Å². The van der Waals surface area contributed by atoms with Gasteiger partial charge in [0.05, 0.1) is 12.0 Å². The van der Waals surface area contributed by atoms with E-state index in [2.05, 4.69) is 11.0 Å². The monoisotopic (exact) mass is 286 g/mol. The van der Waals surface area contributed by atoms with Crippen LogP contribution in [0.1, 0.15) is 11.1 Å². The molecule has 2 aromatic rings. The van der Waals surface area contributed by atoms with E-state index >= 15 is 0 Å². The summed E-state index contributed by atoms with van der Waals surface area (Å²) in [7, 11) is 3.67. The van der Waals surface area contributed by atoms with E-state index in [1.807, 2.05) is 25.2 Å². The number of non-ortho nitro benzene ring substituents is 1. The summed E-state index contributed by atoms with van der Waals surface area (Å²) in [4.78, 5) is 12.4. The van der Waals surface area contributed by atoms with Crippen molar-refractivity contribution in [3.63, 3.8) is 0 Å². The summed E-state index contributed by atoms with van der Waals surface area (Å²) < 4.78 is 5.21. The van der Waals surface area contributed by atoms with Crippen LogP contribution in [0.3, 0.4) is 0 Å². The zero-order chi connectivity index (χ0) is 15.2. The summed E-state index contributed by atoms with van der Waals surface area (Å²) in [5.41, 5.74) is 2.33. The Morgan fingerprint density at radius 1 is 1.10 bits per heavy atom. The highest BCUT2D eigenvalue weighted by Crippen LogP contribution is 2.16. The van der Waals surface area contributed by atoms with Gasteiger partial charge in [-0.05, 0) is 30.3 Å². The van der Waals surface area contributed by atoms with E-state index in [0.29, 0.717) is 0 Å². The first-order chi connectivity index (χ1) is 10.1. The molecule has 0 aliphatic carbocycles. The van der Waals surface area contributed by atoms with Crippen molar-refractivity contribution in [2.24, 2.45) is 0 Å². The fraction of sp³-hybridized carbons (Fsp3) is 0.250. The van der Waals surface area contributed by atoms with Crippen LogP contribution in [0.25, 0.3) is 0 Å². The summed E-state index contributed by atoms with van der Waals surface area (Å²) in [6.45, 7) is 1.52. The minimum absolute atomic E-state index is 0.120. The average molecular weight is 286 g/mol. The quantitative estimate of drug-likeness (QED) is 0.604. The number of rotatable bonds is 6. The van der Waals surface area contributed by atoms with Crippen LogP contribution in [-0.2, 0) is 13.1 Å². The molecular weight excluding hydrogens is 268 g/mol. The number of nitro benzene ring substituents is 1. The summed E-state index contributed by atoms with van der Waals surface area (Å²) >= 11 is 0. The molecule has 0 aliphatic rings. The minimum atomic E-state index is -0.385. The standard InChI is InChI=1S/C16H18N2O3/c1-17(12-14-4-3-5-16(10-14)21-2)11-13-6-8-15(9-7-13)18(19)20/h3-10H,11-12H2,1-2H3. The van der Waals surface area contributed by atoms with Crippen molar-refractivity contribution in [3.05, 3.63) is 69.8 Å². The van der Waals surface area contributed by atoms with Gasteiger partial charge in [0.1, 0.15) is 5.75 Å². The predicted molar refractivity (Wildman–Crippen MR) is 81.3 cm³/mol. The first kappa shape index (κ1) is 15.0. The maximum absolute atomic E-state index is 10.6. The van der Waals surface area contributed by atoms with Crippen LogP contribution in [0.2, 0.25) is 0 Å². The molecule has 0 aromatic heterocycles. The van der Waals surface area contributed by atoms with Gasteiger partial charge >= 0.3 is 0 Å². The molecule has 21 heavy (non-hydrogen) atoms. The van der Waals surface area contributed by atoms with Crippen LogP contribution in [0.4, 0.5) is 5.69 Å². The fourth-order valence-corrected chi connectivity index (χ4v) is 2.17. The van der Waals surface area contributed by atoms with Crippen LogP contribution >= 0.6 is 0 Å². The predicted octanol–water partition coefficient (Wildman–Crippen LogP) is 3.24. The smallest absolute Gasteiger partial charge is 0.269 e. The van der Waals surface area contributed by atoms with Crippen molar-refractivity contribution < 1.29 is 9.66 Å². The third-order valence-corrected chi connectivity index (χ3v) is 3.19. The molecule has 0 saturated carbocycles. The second kappa shape index (κ2) is 6.85. The molecule has 5 nitrogen and oxygen atoms in total. The largest absolute Gasteiger partial charge is 0.497 e. The summed E-state index contributed by atoms with van der Waals surface area (Å²) in [5, 5.41) is 10.6. The number of benzene rings is 2. The Labute approximate surface area is 123 Å². The highest BCUT2D eigenvalue weighted by Gasteiger charge is 2.06. The van der Waals surface area contributed by atoms with E-state index in [1.165, 1.54) is 17.7 Å². The SMILES string of the molecule is COc1cccc(CN(C)Cc2ccc([N+](=O)[O-])cc2)c1. The summed E-state index contributed by atoms with van der Waals surface area (Å²) in [6, 6.07) is 14.6. The van der Waals surface area contributed by atoms with Gasteiger partial charge in [-0.3, -0.25) is 15.0 Å². The van der Waals surface area contributed by atoms with Crippen molar-refractivity contribution in [1.29, 1.82) is 0 Å². The van der Waals surface area contributed by atoms with Gasteiger partial charge in [0.25, 0.3) is 5.69 Å². The van der Waals surface area contributed by atoms with Gasteiger partial charge in [0.15, 0.2) is 0 Å². The first-order valence-corrected chi connectivity index (χ1v) is 6.63. The number of nitro groups is 1. The molecule has 5 heteroatoms. The maximum Gasteiger partial charge on any atom is 0.269 e.